The maximum atomic E-state index is 5.78. The van der Waals surface area contributed by atoms with Gasteiger partial charge in [-0.2, -0.15) is 0 Å². The normalized spacial score (nSPS) is 10.2. The molecule has 5 heteroatoms. The van der Waals surface area contributed by atoms with Crippen molar-refractivity contribution in [2.24, 2.45) is 0 Å². The first-order chi connectivity index (χ1) is 8.25. The summed E-state index contributed by atoms with van der Waals surface area (Å²) >= 11 is 5.77. The van der Waals surface area contributed by atoms with Crippen LogP contribution in [0.2, 0.25) is 5.02 Å². The summed E-state index contributed by atoms with van der Waals surface area (Å²) in [5.41, 5.74) is 7.57. The van der Waals surface area contributed by atoms with Gasteiger partial charge in [-0.3, -0.25) is 4.98 Å². The monoisotopic (exact) mass is 248 g/mol. The lowest BCUT2D eigenvalue weighted by atomic mass is 10.2. The van der Waals surface area contributed by atoms with Gasteiger partial charge in [0.25, 0.3) is 0 Å². The molecule has 0 saturated carbocycles. The molecule has 4 nitrogen and oxygen atoms in total. The van der Waals surface area contributed by atoms with E-state index in [-0.39, 0.29) is 0 Å². The molecule has 0 bridgehead atoms. The van der Waals surface area contributed by atoms with Crippen LogP contribution in [0.5, 0.6) is 0 Å². The zero-order valence-electron chi connectivity index (χ0n) is 9.23. The fourth-order valence-corrected chi connectivity index (χ4v) is 1.64. The first-order valence-corrected chi connectivity index (χ1v) is 5.67. The summed E-state index contributed by atoms with van der Waals surface area (Å²) in [7, 11) is 0. The molecule has 0 atom stereocenters. The Morgan fingerprint density at radius 1 is 1.29 bits per heavy atom. The van der Waals surface area contributed by atoms with Crippen LogP contribution < -0.4 is 11.1 Å². The second-order valence-corrected chi connectivity index (χ2v) is 4.06. The lowest BCUT2D eigenvalue weighted by Gasteiger charge is -2.08. The summed E-state index contributed by atoms with van der Waals surface area (Å²) < 4.78 is 0. The number of nitrogens with zero attached hydrogens (tertiary/aromatic N) is 2. The van der Waals surface area contributed by atoms with E-state index in [9.17, 15) is 0 Å². The molecule has 0 aliphatic heterocycles. The standard InChI is InChI=1S/C12H13ClN4/c13-10-7-11(14)12(17-8-10)16-6-3-9-1-4-15-5-2-9/h1-2,4-5,7-8H,3,6,14H2,(H,16,17). The molecule has 0 amide bonds. The van der Waals surface area contributed by atoms with E-state index in [1.165, 1.54) is 5.56 Å². The van der Waals surface area contributed by atoms with Crippen LogP contribution in [0, 0.1) is 0 Å². The number of hydrogen-bond donors (Lipinski definition) is 2. The Hall–Kier alpha value is -1.81. The highest BCUT2D eigenvalue weighted by Crippen LogP contribution is 2.19. The molecular weight excluding hydrogens is 236 g/mol. The molecule has 17 heavy (non-hydrogen) atoms. The molecule has 88 valence electrons. The van der Waals surface area contributed by atoms with Gasteiger partial charge in [0.2, 0.25) is 0 Å². The highest BCUT2D eigenvalue weighted by Gasteiger charge is 2.00. The highest BCUT2D eigenvalue weighted by atomic mass is 35.5. The van der Waals surface area contributed by atoms with Gasteiger partial charge in [-0.25, -0.2) is 4.98 Å². The van der Waals surface area contributed by atoms with Crippen LogP contribution in [-0.4, -0.2) is 16.5 Å². The zero-order valence-corrected chi connectivity index (χ0v) is 9.98. The number of rotatable bonds is 4. The summed E-state index contributed by atoms with van der Waals surface area (Å²) in [4.78, 5) is 8.10. The van der Waals surface area contributed by atoms with Gasteiger partial charge in [-0.15, -0.1) is 0 Å². The minimum atomic E-state index is 0.544. The highest BCUT2D eigenvalue weighted by molar-refractivity contribution is 6.30. The van der Waals surface area contributed by atoms with Crippen LogP contribution in [0.4, 0.5) is 11.5 Å². The van der Waals surface area contributed by atoms with E-state index >= 15 is 0 Å². The van der Waals surface area contributed by atoms with Crippen molar-refractivity contribution < 1.29 is 0 Å². The minimum Gasteiger partial charge on any atom is -0.396 e. The van der Waals surface area contributed by atoms with Crippen LogP contribution in [-0.2, 0) is 6.42 Å². The molecule has 3 N–H and O–H groups in total. The molecule has 0 unspecified atom stereocenters. The molecule has 0 fully saturated rings. The molecule has 2 rings (SSSR count). The molecule has 2 aromatic heterocycles. The average Bonchev–Trinajstić information content (AvgIpc) is 2.33. The summed E-state index contributed by atoms with van der Waals surface area (Å²) in [6.45, 7) is 0.767. The summed E-state index contributed by atoms with van der Waals surface area (Å²) in [6.07, 6.45) is 6.04. The number of halogens is 1. The average molecular weight is 249 g/mol. The molecule has 2 aromatic rings. The fourth-order valence-electron chi connectivity index (χ4n) is 1.48. The van der Waals surface area contributed by atoms with Crippen molar-refractivity contribution in [2.45, 2.75) is 6.42 Å². The Bertz CT molecular complexity index is 487. The third-order valence-corrected chi connectivity index (χ3v) is 2.55. The van der Waals surface area contributed by atoms with Crippen molar-refractivity contribution in [1.82, 2.24) is 9.97 Å². The van der Waals surface area contributed by atoms with Gasteiger partial charge < -0.3 is 11.1 Å². The summed E-state index contributed by atoms with van der Waals surface area (Å²) in [5.74, 6) is 0.670. The number of anilines is 2. The van der Waals surface area contributed by atoms with E-state index in [0.29, 0.717) is 16.5 Å². The van der Waals surface area contributed by atoms with Crippen LogP contribution >= 0.6 is 11.6 Å². The third kappa shape index (κ3) is 3.32. The van der Waals surface area contributed by atoms with Gasteiger partial charge in [0.1, 0.15) is 5.82 Å². The molecule has 0 saturated heterocycles. The minimum absolute atomic E-state index is 0.544. The Morgan fingerprint density at radius 2 is 2.06 bits per heavy atom. The van der Waals surface area contributed by atoms with Crippen molar-refractivity contribution >= 4 is 23.1 Å². The molecule has 0 spiro atoms. The predicted molar refractivity (Wildman–Crippen MR) is 70.1 cm³/mol. The first kappa shape index (κ1) is 11.7. The van der Waals surface area contributed by atoms with E-state index in [1.54, 1.807) is 24.7 Å². The predicted octanol–water partition coefficient (Wildman–Crippen LogP) is 2.37. The number of nitrogen functional groups attached to an aromatic ring is 1. The molecule has 2 heterocycles. The van der Waals surface area contributed by atoms with Crippen molar-refractivity contribution in [3.63, 3.8) is 0 Å². The fraction of sp³-hybridized carbons (Fsp3) is 0.167. The van der Waals surface area contributed by atoms with Gasteiger partial charge in [0.05, 0.1) is 10.7 Å². The summed E-state index contributed by atoms with van der Waals surface area (Å²) in [6, 6.07) is 5.66. The Balaban J connectivity index is 1.90. The van der Waals surface area contributed by atoms with E-state index in [1.807, 2.05) is 12.1 Å². The Kier molecular flexibility index (Phi) is 3.77. The van der Waals surface area contributed by atoms with Crippen molar-refractivity contribution in [3.05, 3.63) is 47.4 Å². The summed E-state index contributed by atoms with van der Waals surface area (Å²) in [5, 5.41) is 3.72. The SMILES string of the molecule is Nc1cc(Cl)cnc1NCCc1ccncc1. The number of pyridine rings is 2. The van der Waals surface area contributed by atoms with Crippen molar-refractivity contribution in [1.29, 1.82) is 0 Å². The molecule has 0 radical (unpaired) electrons. The first-order valence-electron chi connectivity index (χ1n) is 5.29. The number of nitrogens with two attached hydrogens (primary N) is 1. The number of hydrogen-bond acceptors (Lipinski definition) is 4. The van der Waals surface area contributed by atoms with E-state index < -0.39 is 0 Å². The van der Waals surface area contributed by atoms with Crippen molar-refractivity contribution in [3.8, 4) is 0 Å². The van der Waals surface area contributed by atoms with Gasteiger partial charge in [0.15, 0.2) is 0 Å². The van der Waals surface area contributed by atoms with E-state index in [4.69, 9.17) is 17.3 Å². The van der Waals surface area contributed by atoms with Crippen LogP contribution in [0.3, 0.4) is 0 Å². The quantitative estimate of drug-likeness (QED) is 0.872. The second kappa shape index (κ2) is 5.50. The lowest BCUT2D eigenvalue weighted by Crippen LogP contribution is -2.08. The second-order valence-electron chi connectivity index (χ2n) is 3.62. The molecule has 0 aliphatic carbocycles. The lowest BCUT2D eigenvalue weighted by molar-refractivity contribution is 1.00. The maximum Gasteiger partial charge on any atom is 0.149 e. The topological polar surface area (TPSA) is 63.8 Å². The smallest absolute Gasteiger partial charge is 0.149 e. The van der Waals surface area contributed by atoms with Gasteiger partial charge in [-0.1, -0.05) is 11.6 Å². The van der Waals surface area contributed by atoms with Crippen LogP contribution in [0.15, 0.2) is 36.8 Å². The van der Waals surface area contributed by atoms with Gasteiger partial charge in [-0.05, 0) is 30.2 Å². The Labute approximate surface area is 105 Å². The molecular formula is C12H13ClN4. The maximum absolute atomic E-state index is 5.78. The van der Waals surface area contributed by atoms with Crippen molar-refractivity contribution in [2.75, 3.05) is 17.6 Å². The zero-order chi connectivity index (χ0) is 12.1. The van der Waals surface area contributed by atoms with E-state index in [0.717, 1.165) is 13.0 Å². The Morgan fingerprint density at radius 3 is 2.76 bits per heavy atom. The number of aromatic nitrogens is 2. The molecule has 0 aromatic carbocycles. The third-order valence-electron chi connectivity index (χ3n) is 2.34. The van der Waals surface area contributed by atoms with Gasteiger partial charge in [0, 0.05) is 25.1 Å². The number of nitrogens with one attached hydrogen (secondary N) is 1. The molecule has 0 aliphatic rings. The van der Waals surface area contributed by atoms with Crippen LogP contribution in [0.25, 0.3) is 0 Å². The van der Waals surface area contributed by atoms with Crippen LogP contribution in [0.1, 0.15) is 5.56 Å². The van der Waals surface area contributed by atoms with Gasteiger partial charge >= 0.3 is 0 Å². The largest absolute Gasteiger partial charge is 0.396 e. The van der Waals surface area contributed by atoms with E-state index in [2.05, 4.69) is 15.3 Å².